The molecule has 1 fully saturated rings. The molecule has 2 rings (SSSR count). The van der Waals surface area contributed by atoms with Gasteiger partial charge in [0.1, 0.15) is 11.6 Å². The van der Waals surface area contributed by atoms with Gasteiger partial charge in [0.05, 0.1) is 19.2 Å². The number of halogens is 1. The van der Waals surface area contributed by atoms with Crippen LogP contribution in [0.4, 0.5) is 4.39 Å². The molecule has 7 heteroatoms. The van der Waals surface area contributed by atoms with E-state index in [1.54, 1.807) is 23.9 Å². The summed E-state index contributed by atoms with van der Waals surface area (Å²) in [6.07, 6.45) is 0.768. The molecule has 1 aromatic carbocycles. The van der Waals surface area contributed by atoms with Gasteiger partial charge in [-0.15, -0.1) is 0 Å². The van der Waals surface area contributed by atoms with Gasteiger partial charge in [-0.2, -0.15) is 0 Å². The van der Waals surface area contributed by atoms with E-state index in [9.17, 15) is 14.0 Å². The third kappa shape index (κ3) is 4.44. The van der Waals surface area contributed by atoms with Crippen LogP contribution in [-0.2, 0) is 4.79 Å². The topological polar surface area (TPSA) is 53.1 Å². The average molecular weight is 337 g/mol. The lowest BCUT2D eigenvalue weighted by atomic mass is 10.1. The maximum atomic E-state index is 13.5. The van der Waals surface area contributed by atoms with Gasteiger partial charge >= 0.3 is 0 Å². The summed E-state index contributed by atoms with van der Waals surface area (Å²) in [5, 5.41) is 0. The Labute approximate surface area is 141 Å². The van der Waals surface area contributed by atoms with E-state index in [1.165, 1.54) is 25.3 Å². The minimum atomic E-state index is -0.466. The van der Waals surface area contributed by atoms with Crippen LogP contribution in [-0.4, -0.2) is 80.4 Å². The number of nitrogens with zero attached hydrogens (tertiary/aromatic N) is 3. The highest BCUT2D eigenvalue weighted by atomic mass is 19.1. The summed E-state index contributed by atoms with van der Waals surface area (Å²) in [4.78, 5) is 29.8. The predicted octanol–water partition coefficient (Wildman–Crippen LogP) is 1.07. The first-order valence-corrected chi connectivity index (χ1v) is 7.97. The van der Waals surface area contributed by atoms with Crippen molar-refractivity contribution in [1.82, 2.24) is 14.7 Å². The molecule has 132 valence electrons. The normalized spacial score (nSPS) is 15.8. The zero-order valence-corrected chi connectivity index (χ0v) is 14.4. The second-order valence-corrected chi connectivity index (χ2v) is 6.05. The number of carbonyl (C=O) groups is 2. The molecule has 24 heavy (non-hydrogen) atoms. The Hall–Kier alpha value is -2.15. The number of amides is 2. The lowest BCUT2D eigenvalue weighted by molar-refractivity contribution is -0.129. The SMILES string of the molecule is COc1ccc(F)cc1C(=O)N1CCCN(CC(=O)N(C)C)CC1. The van der Waals surface area contributed by atoms with E-state index in [0.29, 0.717) is 31.9 Å². The van der Waals surface area contributed by atoms with Gasteiger partial charge < -0.3 is 14.5 Å². The third-order valence-corrected chi connectivity index (χ3v) is 4.13. The molecule has 1 aliphatic heterocycles. The summed E-state index contributed by atoms with van der Waals surface area (Å²) in [5.74, 6) is -0.300. The molecule has 0 aliphatic carbocycles. The first-order valence-electron chi connectivity index (χ1n) is 7.97. The molecule has 0 aromatic heterocycles. The summed E-state index contributed by atoms with van der Waals surface area (Å²) in [7, 11) is 4.92. The Bertz CT molecular complexity index is 607. The largest absolute Gasteiger partial charge is 0.496 e. The second-order valence-electron chi connectivity index (χ2n) is 6.05. The van der Waals surface area contributed by atoms with Gasteiger partial charge in [0.2, 0.25) is 5.91 Å². The number of rotatable bonds is 4. The quantitative estimate of drug-likeness (QED) is 0.825. The molecule has 0 bridgehead atoms. The lowest BCUT2D eigenvalue weighted by Crippen LogP contribution is -2.39. The van der Waals surface area contributed by atoms with Gasteiger partial charge in [0, 0.05) is 40.3 Å². The van der Waals surface area contributed by atoms with Crippen LogP contribution in [0.1, 0.15) is 16.8 Å². The Kier molecular flexibility index (Phi) is 6.14. The van der Waals surface area contributed by atoms with E-state index in [-0.39, 0.29) is 17.4 Å². The molecular weight excluding hydrogens is 313 g/mol. The molecular formula is C17H24FN3O3. The molecule has 1 aromatic rings. The Morgan fingerprint density at radius 2 is 1.96 bits per heavy atom. The van der Waals surface area contributed by atoms with Gasteiger partial charge in [0.15, 0.2) is 0 Å². The number of carbonyl (C=O) groups excluding carboxylic acids is 2. The molecule has 0 atom stereocenters. The molecule has 1 heterocycles. The molecule has 6 nitrogen and oxygen atoms in total. The first kappa shape index (κ1) is 18.2. The highest BCUT2D eigenvalue weighted by Gasteiger charge is 2.24. The van der Waals surface area contributed by atoms with Crippen LogP contribution >= 0.6 is 0 Å². The third-order valence-electron chi connectivity index (χ3n) is 4.13. The molecule has 0 N–H and O–H groups in total. The van der Waals surface area contributed by atoms with Gasteiger partial charge in [-0.25, -0.2) is 4.39 Å². The van der Waals surface area contributed by atoms with Gasteiger partial charge in [-0.05, 0) is 24.6 Å². The van der Waals surface area contributed by atoms with Gasteiger partial charge in [0.25, 0.3) is 5.91 Å². The maximum Gasteiger partial charge on any atom is 0.257 e. The van der Waals surface area contributed by atoms with Crippen LogP contribution in [0.5, 0.6) is 5.75 Å². The minimum absolute atomic E-state index is 0.0431. The van der Waals surface area contributed by atoms with Crippen LogP contribution in [0.15, 0.2) is 18.2 Å². The van der Waals surface area contributed by atoms with Crippen LogP contribution in [0.3, 0.4) is 0 Å². The van der Waals surface area contributed by atoms with Crippen molar-refractivity contribution in [1.29, 1.82) is 0 Å². The van der Waals surface area contributed by atoms with Crippen molar-refractivity contribution < 1.29 is 18.7 Å². The molecule has 2 amide bonds. The van der Waals surface area contributed by atoms with E-state index in [4.69, 9.17) is 4.74 Å². The maximum absolute atomic E-state index is 13.5. The summed E-state index contributed by atoms with van der Waals surface area (Å²) in [6, 6.07) is 3.94. The van der Waals surface area contributed by atoms with Crippen molar-refractivity contribution in [2.75, 3.05) is 53.9 Å². The number of hydrogen-bond donors (Lipinski definition) is 0. The molecule has 0 spiro atoms. The van der Waals surface area contributed by atoms with Crippen molar-refractivity contribution in [3.8, 4) is 5.75 Å². The molecule has 0 radical (unpaired) electrons. The first-order chi connectivity index (χ1) is 11.4. The zero-order chi connectivity index (χ0) is 17.7. The smallest absolute Gasteiger partial charge is 0.257 e. The number of likely N-dealkylation sites (N-methyl/N-ethyl adjacent to an activating group) is 1. The van der Waals surface area contributed by atoms with E-state index in [2.05, 4.69) is 0 Å². The Balaban J connectivity index is 2.04. The van der Waals surface area contributed by atoms with Gasteiger partial charge in [-0.3, -0.25) is 14.5 Å². The van der Waals surface area contributed by atoms with E-state index >= 15 is 0 Å². The summed E-state index contributed by atoms with van der Waals surface area (Å²) < 4.78 is 18.7. The molecule has 0 unspecified atom stereocenters. The molecule has 1 saturated heterocycles. The number of benzene rings is 1. The second kappa shape index (κ2) is 8.10. The van der Waals surface area contributed by atoms with E-state index in [0.717, 1.165) is 13.0 Å². The highest BCUT2D eigenvalue weighted by molar-refractivity contribution is 5.97. The van der Waals surface area contributed by atoms with Crippen LogP contribution < -0.4 is 4.74 Å². The van der Waals surface area contributed by atoms with Crippen molar-refractivity contribution in [2.24, 2.45) is 0 Å². The van der Waals surface area contributed by atoms with Crippen molar-refractivity contribution >= 4 is 11.8 Å². The summed E-state index contributed by atoms with van der Waals surface area (Å²) in [6.45, 7) is 2.79. The monoisotopic (exact) mass is 337 g/mol. The van der Waals surface area contributed by atoms with Crippen LogP contribution in [0.25, 0.3) is 0 Å². The van der Waals surface area contributed by atoms with Crippen molar-refractivity contribution in [3.05, 3.63) is 29.6 Å². The number of methoxy groups -OCH3 is 1. The van der Waals surface area contributed by atoms with Gasteiger partial charge in [-0.1, -0.05) is 0 Å². The van der Waals surface area contributed by atoms with Crippen molar-refractivity contribution in [3.63, 3.8) is 0 Å². The zero-order valence-electron chi connectivity index (χ0n) is 14.4. The average Bonchev–Trinajstić information content (AvgIpc) is 2.79. The Morgan fingerprint density at radius 3 is 2.62 bits per heavy atom. The fourth-order valence-electron chi connectivity index (χ4n) is 2.68. The summed E-state index contributed by atoms with van der Waals surface area (Å²) >= 11 is 0. The van der Waals surface area contributed by atoms with E-state index in [1.807, 2.05) is 4.90 Å². The minimum Gasteiger partial charge on any atom is -0.496 e. The Morgan fingerprint density at radius 1 is 1.21 bits per heavy atom. The number of ether oxygens (including phenoxy) is 1. The number of hydrogen-bond acceptors (Lipinski definition) is 4. The summed E-state index contributed by atoms with van der Waals surface area (Å²) in [5.41, 5.74) is 0.232. The predicted molar refractivity (Wildman–Crippen MR) is 88.6 cm³/mol. The fraction of sp³-hybridized carbons (Fsp3) is 0.529. The molecule has 1 aliphatic rings. The van der Waals surface area contributed by atoms with Crippen molar-refractivity contribution in [2.45, 2.75) is 6.42 Å². The highest BCUT2D eigenvalue weighted by Crippen LogP contribution is 2.21. The van der Waals surface area contributed by atoms with Crippen LogP contribution in [0, 0.1) is 5.82 Å². The fourth-order valence-corrected chi connectivity index (χ4v) is 2.68. The van der Waals surface area contributed by atoms with E-state index < -0.39 is 5.82 Å². The van der Waals surface area contributed by atoms with Crippen LogP contribution in [0.2, 0.25) is 0 Å². The lowest BCUT2D eigenvalue weighted by Gasteiger charge is -2.23. The standard InChI is InChI=1S/C17H24FN3O3/c1-19(2)16(22)12-20-7-4-8-21(10-9-20)17(23)14-11-13(18)5-6-15(14)24-3/h5-6,11H,4,7-10,12H2,1-3H3. The molecule has 0 saturated carbocycles.